The SMILES string of the molecule is O=C1OCN(C(=O)OCC2c3ccccc3-c3ccccc32)[C@H]1Cc1cccc(C(F)(F)F)c1. The molecule has 5 rings (SSSR count). The van der Waals surface area contributed by atoms with E-state index in [0.29, 0.717) is 0 Å². The molecule has 3 aromatic rings. The number of nitrogens with zero attached hydrogens (tertiary/aromatic N) is 1. The second kappa shape index (κ2) is 8.52. The van der Waals surface area contributed by atoms with Crippen LogP contribution in [-0.2, 0) is 26.9 Å². The molecule has 1 saturated heterocycles. The van der Waals surface area contributed by atoms with Crippen molar-refractivity contribution in [3.05, 3.63) is 95.1 Å². The maximum atomic E-state index is 13.0. The van der Waals surface area contributed by atoms with E-state index in [2.05, 4.69) is 0 Å². The van der Waals surface area contributed by atoms with Crippen LogP contribution in [0.15, 0.2) is 72.8 Å². The average Bonchev–Trinajstić information content (AvgIpc) is 3.35. The lowest BCUT2D eigenvalue weighted by molar-refractivity contribution is -0.139. The normalized spacial score (nSPS) is 17.3. The number of carbonyl (C=O) groups excluding carboxylic acids is 2. The molecule has 1 aliphatic carbocycles. The number of hydrogen-bond donors (Lipinski definition) is 0. The molecule has 1 aliphatic heterocycles. The molecule has 0 unspecified atom stereocenters. The van der Waals surface area contributed by atoms with E-state index in [0.717, 1.165) is 39.3 Å². The van der Waals surface area contributed by atoms with E-state index in [-0.39, 0.29) is 31.2 Å². The molecule has 34 heavy (non-hydrogen) atoms. The maximum Gasteiger partial charge on any atom is 0.416 e. The molecule has 0 bridgehead atoms. The Bertz CT molecular complexity index is 1210. The molecule has 1 amide bonds. The lowest BCUT2D eigenvalue weighted by Gasteiger charge is -2.22. The van der Waals surface area contributed by atoms with Gasteiger partial charge >= 0.3 is 18.2 Å². The van der Waals surface area contributed by atoms with Crippen LogP contribution in [0.4, 0.5) is 18.0 Å². The first-order valence-corrected chi connectivity index (χ1v) is 10.8. The number of cyclic esters (lactones) is 1. The van der Waals surface area contributed by atoms with Gasteiger partial charge in [-0.3, -0.25) is 4.90 Å². The molecule has 0 spiro atoms. The Labute approximate surface area is 193 Å². The second-order valence-electron chi connectivity index (χ2n) is 8.28. The smallest absolute Gasteiger partial charge is 0.416 e. The molecule has 1 fully saturated rings. The number of rotatable bonds is 4. The summed E-state index contributed by atoms with van der Waals surface area (Å²) >= 11 is 0. The number of amides is 1. The van der Waals surface area contributed by atoms with Crippen LogP contribution < -0.4 is 0 Å². The van der Waals surface area contributed by atoms with Crippen LogP contribution in [0.2, 0.25) is 0 Å². The van der Waals surface area contributed by atoms with E-state index < -0.39 is 29.8 Å². The van der Waals surface area contributed by atoms with Gasteiger partial charge in [0, 0.05) is 12.3 Å². The van der Waals surface area contributed by atoms with Gasteiger partial charge in [0.15, 0.2) is 6.73 Å². The molecule has 0 N–H and O–H groups in total. The number of esters is 1. The molecule has 3 aromatic carbocycles. The van der Waals surface area contributed by atoms with Crippen LogP contribution in [0.25, 0.3) is 11.1 Å². The first-order valence-electron chi connectivity index (χ1n) is 10.8. The zero-order valence-corrected chi connectivity index (χ0v) is 17.9. The molecular weight excluding hydrogens is 447 g/mol. The van der Waals surface area contributed by atoms with E-state index in [1.165, 1.54) is 12.1 Å². The van der Waals surface area contributed by atoms with Crippen molar-refractivity contribution in [1.29, 1.82) is 0 Å². The standard InChI is InChI=1S/C26H20F3NO4/c27-26(28,29)17-7-5-6-16(12-17)13-23-24(31)34-15-30(23)25(32)33-14-22-20-10-3-1-8-18(20)19-9-2-4-11-21(19)22/h1-12,22-23H,13-15H2/t23-/m0/s1. The molecule has 1 heterocycles. The highest BCUT2D eigenvalue weighted by Crippen LogP contribution is 2.44. The molecular formula is C26H20F3NO4. The fourth-order valence-corrected chi connectivity index (χ4v) is 4.59. The van der Waals surface area contributed by atoms with Crippen molar-refractivity contribution in [3.8, 4) is 11.1 Å². The quantitative estimate of drug-likeness (QED) is 0.484. The van der Waals surface area contributed by atoms with Crippen molar-refractivity contribution >= 4 is 12.1 Å². The Kier molecular flexibility index (Phi) is 5.51. The fourth-order valence-electron chi connectivity index (χ4n) is 4.59. The summed E-state index contributed by atoms with van der Waals surface area (Å²) in [6, 6.07) is 19.4. The third kappa shape index (κ3) is 4.00. The number of halogens is 3. The predicted molar refractivity (Wildman–Crippen MR) is 117 cm³/mol. The van der Waals surface area contributed by atoms with E-state index in [1.807, 2.05) is 48.5 Å². The third-order valence-corrected chi connectivity index (χ3v) is 6.25. The zero-order chi connectivity index (χ0) is 23.9. The van der Waals surface area contributed by atoms with Crippen LogP contribution in [0, 0.1) is 0 Å². The predicted octanol–water partition coefficient (Wildman–Crippen LogP) is 5.38. The van der Waals surface area contributed by atoms with Crippen molar-refractivity contribution in [2.24, 2.45) is 0 Å². The largest absolute Gasteiger partial charge is 0.448 e. The number of alkyl halides is 3. The number of benzene rings is 3. The van der Waals surface area contributed by atoms with Gasteiger partial charge in [-0.1, -0.05) is 66.7 Å². The third-order valence-electron chi connectivity index (χ3n) is 6.25. The Hall–Kier alpha value is -3.81. The topological polar surface area (TPSA) is 55.8 Å². The minimum absolute atomic E-state index is 0.0633. The summed E-state index contributed by atoms with van der Waals surface area (Å²) in [6.45, 7) is -0.243. The van der Waals surface area contributed by atoms with Gasteiger partial charge in [-0.2, -0.15) is 13.2 Å². The minimum Gasteiger partial charge on any atom is -0.448 e. The Morgan fingerprint density at radius 2 is 1.62 bits per heavy atom. The van der Waals surface area contributed by atoms with Crippen LogP contribution in [0.5, 0.6) is 0 Å². The first kappa shape index (κ1) is 22.0. The molecule has 0 saturated carbocycles. The van der Waals surface area contributed by atoms with Crippen LogP contribution >= 0.6 is 0 Å². The zero-order valence-electron chi connectivity index (χ0n) is 17.9. The number of carbonyl (C=O) groups is 2. The minimum atomic E-state index is -4.50. The monoisotopic (exact) mass is 467 g/mol. The van der Waals surface area contributed by atoms with Crippen LogP contribution in [-0.4, -0.2) is 36.3 Å². The maximum absolute atomic E-state index is 13.0. The first-order chi connectivity index (χ1) is 16.3. The summed E-state index contributed by atoms with van der Waals surface area (Å²) < 4.78 is 49.7. The number of ether oxygens (including phenoxy) is 2. The molecule has 174 valence electrons. The molecule has 0 aromatic heterocycles. The van der Waals surface area contributed by atoms with Gasteiger partial charge in [0.25, 0.3) is 0 Å². The summed E-state index contributed by atoms with van der Waals surface area (Å²) in [4.78, 5) is 26.3. The number of fused-ring (bicyclic) bond motifs is 3. The lowest BCUT2D eigenvalue weighted by Crippen LogP contribution is -2.40. The highest BCUT2D eigenvalue weighted by atomic mass is 19.4. The fraction of sp³-hybridized carbons (Fsp3) is 0.231. The van der Waals surface area contributed by atoms with Gasteiger partial charge in [0.2, 0.25) is 0 Å². The van der Waals surface area contributed by atoms with Crippen molar-refractivity contribution < 1.29 is 32.2 Å². The van der Waals surface area contributed by atoms with Crippen LogP contribution in [0.1, 0.15) is 28.2 Å². The van der Waals surface area contributed by atoms with E-state index >= 15 is 0 Å². The molecule has 5 nitrogen and oxygen atoms in total. The average molecular weight is 467 g/mol. The van der Waals surface area contributed by atoms with Gasteiger partial charge in [-0.25, -0.2) is 9.59 Å². The lowest BCUT2D eigenvalue weighted by atomic mass is 9.98. The van der Waals surface area contributed by atoms with E-state index in [1.54, 1.807) is 0 Å². The highest BCUT2D eigenvalue weighted by molar-refractivity contribution is 5.84. The van der Waals surface area contributed by atoms with Crippen molar-refractivity contribution in [1.82, 2.24) is 4.90 Å². The van der Waals surface area contributed by atoms with Gasteiger partial charge in [0.1, 0.15) is 12.6 Å². The highest BCUT2D eigenvalue weighted by Gasteiger charge is 2.40. The number of hydrogen-bond acceptors (Lipinski definition) is 4. The molecule has 1 atom stereocenters. The van der Waals surface area contributed by atoms with Gasteiger partial charge in [-0.05, 0) is 33.9 Å². The summed E-state index contributed by atoms with van der Waals surface area (Å²) in [5.74, 6) is -0.830. The molecule has 8 heteroatoms. The summed E-state index contributed by atoms with van der Waals surface area (Å²) in [7, 11) is 0. The molecule has 0 radical (unpaired) electrons. The van der Waals surface area contributed by atoms with E-state index in [9.17, 15) is 22.8 Å². The van der Waals surface area contributed by atoms with Crippen LogP contribution in [0.3, 0.4) is 0 Å². The second-order valence-corrected chi connectivity index (χ2v) is 8.28. The van der Waals surface area contributed by atoms with Crippen molar-refractivity contribution in [3.63, 3.8) is 0 Å². The Balaban J connectivity index is 1.31. The van der Waals surface area contributed by atoms with Gasteiger partial charge in [0.05, 0.1) is 5.56 Å². The van der Waals surface area contributed by atoms with Crippen molar-refractivity contribution in [2.45, 2.75) is 24.6 Å². The summed E-state index contributed by atoms with van der Waals surface area (Å²) in [6.07, 6.45) is -5.35. The molecule has 2 aliphatic rings. The Morgan fingerprint density at radius 1 is 0.971 bits per heavy atom. The summed E-state index contributed by atoms with van der Waals surface area (Å²) in [5, 5.41) is 0. The van der Waals surface area contributed by atoms with E-state index in [4.69, 9.17) is 9.47 Å². The van der Waals surface area contributed by atoms with Crippen molar-refractivity contribution in [2.75, 3.05) is 13.3 Å². The summed E-state index contributed by atoms with van der Waals surface area (Å²) in [5.41, 5.74) is 3.72. The van der Waals surface area contributed by atoms with Gasteiger partial charge < -0.3 is 9.47 Å². The Morgan fingerprint density at radius 3 is 2.26 bits per heavy atom. The van der Waals surface area contributed by atoms with Gasteiger partial charge in [-0.15, -0.1) is 0 Å².